The first-order valence-electron chi connectivity index (χ1n) is 7.97. The quantitative estimate of drug-likeness (QED) is 0.572. The summed E-state index contributed by atoms with van der Waals surface area (Å²) in [5, 5.41) is 17.2. The van der Waals surface area contributed by atoms with Crippen LogP contribution in [0.4, 0.5) is 10.8 Å². The minimum atomic E-state index is -0.0910. The van der Waals surface area contributed by atoms with Crippen LogP contribution in [-0.4, -0.2) is 42.4 Å². The summed E-state index contributed by atoms with van der Waals surface area (Å²) >= 11 is 1.48. The van der Waals surface area contributed by atoms with Crippen LogP contribution in [0.5, 0.6) is 0 Å². The summed E-state index contributed by atoms with van der Waals surface area (Å²) in [5.41, 5.74) is 3.01. The van der Waals surface area contributed by atoms with Crippen molar-refractivity contribution in [1.82, 2.24) is 10.3 Å². The molecule has 7 heteroatoms. The van der Waals surface area contributed by atoms with Crippen LogP contribution in [0.25, 0.3) is 0 Å². The van der Waals surface area contributed by atoms with Gasteiger partial charge >= 0.3 is 0 Å². The van der Waals surface area contributed by atoms with Gasteiger partial charge in [0.2, 0.25) is 5.91 Å². The van der Waals surface area contributed by atoms with Gasteiger partial charge in [-0.3, -0.25) is 4.79 Å². The summed E-state index contributed by atoms with van der Waals surface area (Å²) in [4.78, 5) is 16.2. The summed E-state index contributed by atoms with van der Waals surface area (Å²) in [7, 11) is 0. The zero-order chi connectivity index (χ0) is 17.2. The highest BCUT2D eigenvalue weighted by Gasteiger charge is 2.07. The van der Waals surface area contributed by atoms with Crippen LogP contribution in [0.2, 0.25) is 0 Å². The number of nitrogens with zero attached hydrogens (tertiary/aromatic N) is 1. The van der Waals surface area contributed by atoms with Gasteiger partial charge in [-0.05, 0) is 24.1 Å². The number of amides is 1. The molecule has 0 bridgehead atoms. The molecule has 0 aliphatic rings. The molecule has 24 heavy (non-hydrogen) atoms. The number of carbonyl (C=O) groups is 1. The molecule has 3 N–H and O–H groups in total. The standard InChI is InChI=1S/C17H23N3O3S/c1-2-13-3-5-14(6-4-13)19-17-20-15(12-24-17)11-16(22)18-7-9-23-10-8-21/h3-6,12,21H,2,7-11H2,1H3,(H,18,22)(H,19,20). The number of benzene rings is 1. The number of aliphatic hydroxyl groups excluding tert-OH is 1. The molecule has 0 atom stereocenters. The molecule has 0 unspecified atom stereocenters. The third-order valence-electron chi connectivity index (χ3n) is 3.31. The molecule has 2 rings (SSSR count). The third-order valence-corrected chi connectivity index (χ3v) is 4.12. The van der Waals surface area contributed by atoms with Gasteiger partial charge in [0.1, 0.15) is 0 Å². The number of nitrogens with one attached hydrogen (secondary N) is 2. The van der Waals surface area contributed by atoms with Crippen LogP contribution >= 0.6 is 11.3 Å². The van der Waals surface area contributed by atoms with E-state index in [1.54, 1.807) is 0 Å². The highest BCUT2D eigenvalue weighted by molar-refractivity contribution is 7.13. The van der Waals surface area contributed by atoms with Crippen LogP contribution in [0.3, 0.4) is 0 Å². The van der Waals surface area contributed by atoms with Crippen molar-refractivity contribution in [3.63, 3.8) is 0 Å². The van der Waals surface area contributed by atoms with Crippen molar-refractivity contribution in [2.45, 2.75) is 19.8 Å². The first-order chi connectivity index (χ1) is 11.7. The Kier molecular flexibility index (Phi) is 7.67. The fraction of sp³-hybridized carbons (Fsp3) is 0.412. The fourth-order valence-electron chi connectivity index (χ4n) is 2.05. The van der Waals surface area contributed by atoms with Crippen molar-refractivity contribution in [3.8, 4) is 0 Å². The molecule has 2 aromatic rings. The second-order valence-electron chi connectivity index (χ2n) is 5.18. The maximum Gasteiger partial charge on any atom is 0.226 e. The number of aliphatic hydroxyl groups is 1. The van der Waals surface area contributed by atoms with Gasteiger partial charge in [-0.1, -0.05) is 19.1 Å². The normalized spacial score (nSPS) is 10.6. The number of carbonyl (C=O) groups excluding carboxylic acids is 1. The van der Waals surface area contributed by atoms with E-state index in [2.05, 4.69) is 34.7 Å². The van der Waals surface area contributed by atoms with Crippen LogP contribution in [-0.2, 0) is 22.4 Å². The van der Waals surface area contributed by atoms with Gasteiger partial charge in [0, 0.05) is 17.6 Å². The molecule has 0 fully saturated rings. The average Bonchev–Trinajstić information content (AvgIpc) is 3.02. The fourth-order valence-corrected chi connectivity index (χ4v) is 2.78. The van der Waals surface area contributed by atoms with Gasteiger partial charge in [0.05, 0.1) is 31.9 Å². The van der Waals surface area contributed by atoms with Gasteiger partial charge in [-0.15, -0.1) is 11.3 Å². The molecule has 0 aliphatic carbocycles. The second kappa shape index (κ2) is 10.0. The molecule has 130 valence electrons. The molecule has 6 nitrogen and oxygen atoms in total. The summed E-state index contributed by atoms with van der Waals surface area (Å²) in [6.07, 6.45) is 1.26. The highest BCUT2D eigenvalue weighted by atomic mass is 32.1. The Morgan fingerprint density at radius 3 is 2.79 bits per heavy atom. The number of anilines is 2. The van der Waals surface area contributed by atoms with E-state index in [9.17, 15) is 4.79 Å². The average molecular weight is 349 g/mol. The van der Waals surface area contributed by atoms with Crippen LogP contribution < -0.4 is 10.6 Å². The Bertz CT molecular complexity index is 628. The number of ether oxygens (including phenoxy) is 1. The first kappa shape index (κ1) is 18.4. The van der Waals surface area contributed by atoms with Crippen LogP contribution in [0.15, 0.2) is 29.6 Å². The van der Waals surface area contributed by atoms with E-state index < -0.39 is 0 Å². The maximum absolute atomic E-state index is 11.8. The Morgan fingerprint density at radius 1 is 1.29 bits per heavy atom. The number of rotatable bonds is 10. The SMILES string of the molecule is CCc1ccc(Nc2nc(CC(=O)NCCOCCO)cs2)cc1. The Balaban J connectivity index is 1.76. The van der Waals surface area contributed by atoms with Gasteiger partial charge in [0.25, 0.3) is 0 Å². The number of aromatic nitrogens is 1. The largest absolute Gasteiger partial charge is 0.394 e. The molecule has 1 aromatic heterocycles. The molecule has 1 heterocycles. The predicted molar refractivity (Wildman–Crippen MR) is 95.8 cm³/mol. The lowest BCUT2D eigenvalue weighted by atomic mass is 10.1. The van der Waals surface area contributed by atoms with Crippen LogP contribution in [0.1, 0.15) is 18.2 Å². The molecule has 0 saturated carbocycles. The van der Waals surface area contributed by atoms with E-state index in [4.69, 9.17) is 9.84 Å². The highest BCUT2D eigenvalue weighted by Crippen LogP contribution is 2.21. The Labute approximate surface area is 145 Å². The lowest BCUT2D eigenvalue weighted by Crippen LogP contribution is -2.29. The molecule has 1 aromatic carbocycles. The van der Waals surface area contributed by atoms with Crippen molar-refractivity contribution in [2.24, 2.45) is 0 Å². The summed E-state index contributed by atoms with van der Waals surface area (Å²) in [6.45, 7) is 3.22. The predicted octanol–water partition coefficient (Wildman–Crippen LogP) is 2.12. The summed E-state index contributed by atoms with van der Waals surface area (Å²) in [6, 6.07) is 8.23. The zero-order valence-electron chi connectivity index (χ0n) is 13.7. The van der Waals surface area contributed by atoms with Crippen molar-refractivity contribution < 1.29 is 14.6 Å². The number of hydrogen-bond donors (Lipinski definition) is 3. The molecule has 1 amide bonds. The van der Waals surface area contributed by atoms with E-state index >= 15 is 0 Å². The van der Waals surface area contributed by atoms with E-state index in [1.807, 2.05) is 17.5 Å². The Hall–Kier alpha value is -1.96. The van der Waals surface area contributed by atoms with Crippen molar-refractivity contribution in [3.05, 3.63) is 40.9 Å². The van der Waals surface area contributed by atoms with Gasteiger partial charge in [-0.25, -0.2) is 4.98 Å². The number of hydrogen-bond acceptors (Lipinski definition) is 6. The topological polar surface area (TPSA) is 83.5 Å². The second-order valence-corrected chi connectivity index (χ2v) is 6.04. The molecular formula is C17H23N3O3S. The smallest absolute Gasteiger partial charge is 0.226 e. The van der Waals surface area contributed by atoms with Crippen molar-refractivity contribution in [2.75, 3.05) is 31.7 Å². The van der Waals surface area contributed by atoms with Crippen molar-refractivity contribution >= 4 is 28.1 Å². The Morgan fingerprint density at radius 2 is 2.08 bits per heavy atom. The van der Waals surface area contributed by atoms with E-state index in [0.29, 0.717) is 13.2 Å². The zero-order valence-corrected chi connectivity index (χ0v) is 14.6. The minimum Gasteiger partial charge on any atom is -0.394 e. The molecule has 0 saturated heterocycles. The summed E-state index contributed by atoms with van der Waals surface area (Å²) < 4.78 is 5.08. The lowest BCUT2D eigenvalue weighted by Gasteiger charge is -2.05. The first-order valence-corrected chi connectivity index (χ1v) is 8.85. The monoisotopic (exact) mass is 349 g/mol. The molecule has 0 radical (unpaired) electrons. The number of aryl methyl sites for hydroxylation is 1. The van der Waals surface area contributed by atoms with Gasteiger partial charge in [-0.2, -0.15) is 0 Å². The number of thiazole rings is 1. The third kappa shape index (κ3) is 6.27. The van der Waals surface area contributed by atoms with Crippen molar-refractivity contribution in [1.29, 1.82) is 0 Å². The molecule has 0 spiro atoms. The van der Waals surface area contributed by atoms with E-state index in [0.717, 1.165) is 22.9 Å². The van der Waals surface area contributed by atoms with E-state index in [-0.39, 0.29) is 25.5 Å². The molecular weight excluding hydrogens is 326 g/mol. The molecule has 0 aliphatic heterocycles. The van der Waals surface area contributed by atoms with Gasteiger partial charge in [0.15, 0.2) is 5.13 Å². The van der Waals surface area contributed by atoms with E-state index in [1.165, 1.54) is 16.9 Å². The summed E-state index contributed by atoms with van der Waals surface area (Å²) in [5.74, 6) is -0.0910. The maximum atomic E-state index is 11.8. The minimum absolute atomic E-state index is 0.0102. The lowest BCUT2D eigenvalue weighted by molar-refractivity contribution is -0.120. The van der Waals surface area contributed by atoms with Gasteiger partial charge < -0.3 is 20.5 Å². The van der Waals surface area contributed by atoms with Crippen LogP contribution in [0, 0.1) is 0 Å².